The Balaban J connectivity index is -0.0000000450. The molecular formula is C3H3F9Li. The topological polar surface area (TPSA) is 0 Å². The van der Waals surface area contributed by atoms with Crippen LogP contribution in [-0.2, 0) is 0 Å². The number of halogens is 9. The molecule has 0 bridgehead atoms. The summed E-state index contributed by atoms with van der Waals surface area (Å²) in [5.41, 5.74) is 0. The predicted octanol–water partition coefficient (Wildman–Crippen LogP) is 3.15. The third-order valence-corrected chi connectivity index (χ3v) is 0. The van der Waals surface area contributed by atoms with Crippen molar-refractivity contribution in [3.8, 4) is 0 Å². The summed E-state index contributed by atoms with van der Waals surface area (Å²) in [4.78, 5) is 0. The van der Waals surface area contributed by atoms with Crippen LogP contribution in [0.25, 0.3) is 0 Å². The molecule has 0 rings (SSSR count). The zero-order valence-electron chi connectivity index (χ0n) is 6.13. The molecule has 0 aromatic rings. The van der Waals surface area contributed by atoms with E-state index in [-0.39, 0.29) is 18.9 Å². The maximum Gasteiger partial charge on any atom is 0.379 e. The maximum atomic E-state index is 9.67. The fourth-order valence-corrected chi connectivity index (χ4v) is 0. The molecule has 0 amide bonds. The number of hydrogen-bond acceptors (Lipinski definition) is 0. The molecule has 0 aromatic carbocycles. The van der Waals surface area contributed by atoms with Crippen LogP contribution in [0.5, 0.6) is 0 Å². The number of rotatable bonds is 0. The van der Waals surface area contributed by atoms with E-state index < -0.39 is 20.0 Å². The van der Waals surface area contributed by atoms with Gasteiger partial charge in [0.2, 0.25) is 0 Å². The largest absolute Gasteiger partial charge is 0.379 e. The monoisotopic (exact) mass is 217 g/mol. The van der Waals surface area contributed by atoms with Crippen molar-refractivity contribution in [3.05, 3.63) is 0 Å². The van der Waals surface area contributed by atoms with Gasteiger partial charge in [-0.3, -0.25) is 0 Å². The molecule has 1 radical (unpaired) electrons. The Hall–Kier alpha value is -0.0326. The van der Waals surface area contributed by atoms with Gasteiger partial charge in [-0.2, -0.15) is 39.5 Å². The first-order valence-electron chi connectivity index (χ1n) is 1.96. The second-order valence-corrected chi connectivity index (χ2v) is 0.742. The average molecular weight is 217 g/mol. The molecule has 0 aromatic heterocycles. The molecule has 0 aliphatic rings. The fraction of sp³-hybridized carbons (Fsp3) is 1.00. The molecule has 0 spiro atoms. The minimum absolute atomic E-state index is 0. The van der Waals surface area contributed by atoms with Crippen LogP contribution in [0.2, 0.25) is 0 Å². The van der Waals surface area contributed by atoms with Crippen molar-refractivity contribution in [2.45, 2.75) is 20.0 Å². The Kier molecular flexibility index (Phi) is 31.8. The van der Waals surface area contributed by atoms with Crippen LogP contribution in [0, 0.1) is 0 Å². The standard InChI is InChI=1S/3CHF3.Li/c3*2-1(3)4;/h3*1H;. The molecule has 79 valence electrons. The molecular weight excluding hydrogens is 214 g/mol. The Morgan fingerprint density at radius 2 is 0.385 bits per heavy atom. The first-order valence-corrected chi connectivity index (χ1v) is 1.96. The van der Waals surface area contributed by atoms with Gasteiger partial charge in [0.05, 0.1) is 0 Å². The van der Waals surface area contributed by atoms with Crippen molar-refractivity contribution in [1.82, 2.24) is 0 Å². The molecule has 13 heavy (non-hydrogen) atoms. The van der Waals surface area contributed by atoms with Crippen LogP contribution < -0.4 is 0 Å². The zero-order valence-corrected chi connectivity index (χ0v) is 6.13. The molecule has 0 nitrogen and oxygen atoms in total. The van der Waals surface area contributed by atoms with Crippen molar-refractivity contribution >= 4 is 18.9 Å². The quantitative estimate of drug-likeness (QED) is 0.431. The SMILES string of the molecule is FC(F)F.FC(F)F.FC(F)F.[Li]. The third-order valence-electron chi connectivity index (χ3n) is 0. The van der Waals surface area contributed by atoms with Crippen molar-refractivity contribution < 1.29 is 39.5 Å². The normalized spacial score (nSPS) is 8.31. The summed E-state index contributed by atoms with van der Waals surface area (Å²) in [5, 5.41) is 0. The first-order chi connectivity index (χ1) is 5.20. The summed E-state index contributed by atoms with van der Waals surface area (Å²) in [5.74, 6) is 0. The van der Waals surface area contributed by atoms with Gasteiger partial charge >= 0.3 is 20.0 Å². The van der Waals surface area contributed by atoms with Crippen molar-refractivity contribution in [2.75, 3.05) is 0 Å². The van der Waals surface area contributed by atoms with E-state index >= 15 is 0 Å². The van der Waals surface area contributed by atoms with Crippen LogP contribution in [0.4, 0.5) is 39.5 Å². The minimum Gasteiger partial charge on any atom is -0.174 e. The van der Waals surface area contributed by atoms with Crippen LogP contribution in [0.3, 0.4) is 0 Å². The summed E-state index contributed by atoms with van der Waals surface area (Å²) in [6.07, 6.45) is 0. The molecule has 0 atom stereocenters. The van der Waals surface area contributed by atoms with E-state index in [9.17, 15) is 39.5 Å². The number of hydrogen-bond donors (Lipinski definition) is 0. The third kappa shape index (κ3) is 1120000. The maximum absolute atomic E-state index is 9.67. The van der Waals surface area contributed by atoms with Gasteiger partial charge in [0, 0.05) is 18.9 Å². The van der Waals surface area contributed by atoms with Crippen LogP contribution in [-0.4, -0.2) is 38.9 Å². The molecule has 0 aliphatic heterocycles. The van der Waals surface area contributed by atoms with E-state index in [4.69, 9.17) is 0 Å². The van der Waals surface area contributed by atoms with Gasteiger partial charge in [-0.15, -0.1) is 0 Å². The van der Waals surface area contributed by atoms with E-state index in [0.29, 0.717) is 0 Å². The van der Waals surface area contributed by atoms with Gasteiger partial charge < -0.3 is 0 Å². The second-order valence-electron chi connectivity index (χ2n) is 0.742. The molecule has 10 heteroatoms. The second kappa shape index (κ2) is 17.9. The Labute approximate surface area is 79.3 Å². The van der Waals surface area contributed by atoms with E-state index in [1.165, 1.54) is 0 Å². The van der Waals surface area contributed by atoms with Gasteiger partial charge in [0.15, 0.2) is 0 Å². The van der Waals surface area contributed by atoms with Crippen LogP contribution in [0.15, 0.2) is 0 Å². The molecule has 0 saturated heterocycles. The molecule has 0 heterocycles. The van der Waals surface area contributed by atoms with Crippen molar-refractivity contribution in [1.29, 1.82) is 0 Å². The zero-order chi connectivity index (χ0) is 10.7. The van der Waals surface area contributed by atoms with E-state index in [1.54, 1.807) is 0 Å². The predicted molar refractivity (Wildman–Crippen MR) is 27.1 cm³/mol. The van der Waals surface area contributed by atoms with E-state index in [0.717, 1.165) is 0 Å². The minimum atomic E-state index is -3.67. The molecule has 0 aliphatic carbocycles. The molecule has 0 fully saturated rings. The van der Waals surface area contributed by atoms with Crippen molar-refractivity contribution in [2.24, 2.45) is 0 Å². The van der Waals surface area contributed by atoms with E-state index in [1.807, 2.05) is 0 Å². The van der Waals surface area contributed by atoms with Gasteiger partial charge in [-0.25, -0.2) is 0 Å². The Bertz CT molecular complexity index is 43.4. The summed E-state index contributed by atoms with van der Waals surface area (Å²) in [6, 6.07) is 0. The summed E-state index contributed by atoms with van der Waals surface area (Å²) in [6.45, 7) is -11.0. The van der Waals surface area contributed by atoms with Crippen molar-refractivity contribution in [3.63, 3.8) is 0 Å². The Morgan fingerprint density at radius 3 is 0.385 bits per heavy atom. The number of alkyl halides is 9. The summed E-state index contributed by atoms with van der Waals surface area (Å²) >= 11 is 0. The first kappa shape index (κ1) is 23.1. The van der Waals surface area contributed by atoms with Gasteiger partial charge in [0.25, 0.3) is 0 Å². The van der Waals surface area contributed by atoms with Gasteiger partial charge in [-0.05, 0) is 0 Å². The van der Waals surface area contributed by atoms with Gasteiger partial charge in [0.1, 0.15) is 0 Å². The van der Waals surface area contributed by atoms with E-state index in [2.05, 4.69) is 0 Å². The molecule has 0 unspecified atom stereocenters. The smallest absolute Gasteiger partial charge is 0.174 e. The molecule has 0 N–H and O–H groups in total. The fourth-order valence-electron chi connectivity index (χ4n) is 0. The van der Waals surface area contributed by atoms with Crippen LogP contribution in [0.1, 0.15) is 0 Å². The molecule has 0 saturated carbocycles. The van der Waals surface area contributed by atoms with Gasteiger partial charge in [-0.1, -0.05) is 0 Å². The Morgan fingerprint density at radius 1 is 0.385 bits per heavy atom. The summed E-state index contributed by atoms with van der Waals surface area (Å²) < 4.78 is 87.0. The average Bonchev–Trinajstić information content (AvgIpc) is 1.54. The van der Waals surface area contributed by atoms with Crippen LogP contribution >= 0.6 is 0 Å². The summed E-state index contributed by atoms with van der Waals surface area (Å²) in [7, 11) is 0.